The molecule has 0 amide bonds. The first kappa shape index (κ1) is 34.3. The number of carbonyl (C=O) groups excluding carboxylic acids is 4. The van der Waals surface area contributed by atoms with E-state index < -0.39 is 62.3 Å². The molecule has 2 rings (SSSR count). The lowest BCUT2D eigenvalue weighted by molar-refractivity contribution is -0.390. The van der Waals surface area contributed by atoms with Gasteiger partial charge in [0.1, 0.15) is 23.9 Å². The quantitative estimate of drug-likeness (QED) is 0.186. The van der Waals surface area contributed by atoms with E-state index in [1.165, 1.54) is 26.0 Å². The minimum atomic E-state index is -1.49. The molecule has 0 N–H and O–H groups in total. The molecule has 0 saturated carbocycles. The van der Waals surface area contributed by atoms with Crippen LogP contribution in [-0.4, -0.2) is 46.6 Å². The van der Waals surface area contributed by atoms with Crippen molar-refractivity contribution in [2.75, 3.05) is 13.2 Å². The van der Waals surface area contributed by atoms with Gasteiger partial charge in [0.05, 0.1) is 28.6 Å². The number of benzene rings is 2. The van der Waals surface area contributed by atoms with Crippen molar-refractivity contribution in [2.24, 2.45) is 0 Å². The molecule has 0 saturated heterocycles. The van der Waals surface area contributed by atoms with Gasteiger partial charge in [0.15, 0.2) is 0 Å². The largest absolute Gasteiger partial charge is 0.466 e. The van der Waals surface area contributed by atoms with Gasteiger partial charge in [0.25, 0.3) is 0 Å². The van der Waals surface area contributed by atoms with Gasteiger partial charge in [-0.3, -0.25) is 39.4 Å². The number of nitro benzene ring substituents is 2. The minimum Gasteiger partial charge on any atom is -0.466 e. The van der Waals surface area contributed by atoms with Crippen LogP contribution in [0.2, 0.25) is 0 Å². The third kappa shape index (κ3) is 11.5. The number of ketones is 2. The maximum absolute atomic E-state index is 13.5. The second kappa shape index (κ2) is 16.9. The fourth-order valence-corrected chi connectivity index (χ4v) is 2.77. The first-order valence-corrected chi connectivity index (χ1v) is 11.0. The number of hydrogen-bond donors (Lipinski definition) is 0. The summed E-state index contributed by atoms with van der Waals surface area (Å²) in [4.78, 5) is 62.6. The van der Waals surface area contributed by atoms with Crippen LogP contribution in [0.5, 0.6) is 0 Å². The van der Waals surface area contributed by atoms with Crippen LogP contribution in [-0.2, 0) is 28.7 Å². The van der Waals surface area contributed by atoms with E-state index in [1.54, 1.807) is 6.92 Å². The molecule has 1 atom stereocenters. The monoisotopic (exact) mass is 558 g/mol. The van der Waals surface area contributed by atoms with Gasteiger partial charge in [0.2, 0.25) is 17.5 Å². The molecule has 0 bridgehead atoms. The molecule has 0 heterocycles. The van der Waals surface area contributed by atoms with E-state index in [1.807, 2.05) is 0 Å². The van der Waals surface area contributed by atoms with E-state index in [9.17, 15) is 52.6 Å². The Kier molecular flexibility index (Phi) is 14.9. The lowest BCUT2D eigenvalue weighted by atomic mass is 9.94. The van der Waals surface area contributed by atoms with Crippen molar-refractivity contribution in [2.45, 2.75) is 40.0 Å². The summed E-state index contributed by atoms with van der Waals surface area (Å²) < 4.78 is 47.5. The normalized spacial score (nSPS) is 10.4. The Hall–Kier alpha value is -4.69. The molecule has 2 aromatic carbocycles. The summed E-state index contributed by atoms with van der Waals surface area (Å²) in [5, 5.41) is 20.8. The van der Waals surface area contributed by atoms with Crippen LogP contribution in [0.25, 0.3) is 0 Å². The number of rotatable bonds is 9. The predicted octanol–water partition coefficient (Wildman–Crippen LogP) is 4.37. The zero-order valence-corrected chi connectivity index (χ0v) is 21.3. The van der Waals surface area contributed by atoms with Gasteiger partial charge in [-0.2, -0.15) is 13.2 Å². The molecule has 0 fully saturated rings. The fraction of sp³-hybridized carbons (Fsp3) is 0.333. The Morgan fingerprint density at radius 1 is 0.795 bits per heavy atom. The minimum absolute atomic E-state index is 0.0196. The first-order valence-electron chi connectivity index (χ1n) is 11.0. The lowest BCUT2D eigenvalue weighted by Crippen LogP contribution is -2.23. The van der Waals surface area contributed by atoms with Crippen molar-refractivity contribution < 1.29 is 51.7 Å². The number of esters is 2. The highest BCUT2D eigenvalue weighted by atomic mass is 19.1. The molecule has 12 nitrogen and oxygen atoms in total. The Balaban J connectivity index is 0.000000612. The lowest BCUT2D eigenvalue weighted by Gasteiger charge is -2.13. The number of para-hydroxylation sites is 2. The average molecular weight is 558 g/mol. The topological polar surface area (TPSA) is 173 Å². The number of hydrogen-bond acceptors (Lipinski definition) is 10. The van der Waals surface area contributed by atoms with E-state index in [0.717, 1.165) is 31.2 Å². The summed E-state index contributed by atoms with van der Waals surface area (Å²) in [6, 6.07) is 6.00. The number of nitrogens with zero attached hydrogens (tertiary/aromatic N) is 2. The fourth-order valence-electron chi connectivity index (χ4n) is 2.77. The maximum Gasteiger partial charge on any atom is 0.340 e. The van der Waals surface area contributed by atoms with Gasteiger partial charge in [-0.15, -0.1) is 0 Å². The number of nitro groups is 2. The van der Waals surface area contributed by atoms with E-state index >= 15 is 0 Å². The molecule has 2 aromatic rings. The molecule has 15 heteroatoms. The zero-order valence-electron chi connectivity index (χ0n) is 21.3. The second-order valence-electron chi connectivity index (χ2n) is 7.24. The Bertz CT molecular complexity index is 1200. The second-order valence-corrected chi connectivity index (χ2v) is 7.24. The first-order chi connectivity index (χ1) is 18.2. The highest BCUT2D eigenvalue weighted by Gasteiger charge is 2.34. The van der Waals surface area contributed by atoms with E-state index in [2.05, 4.69) is 9.47 Å². The number of carbonyl (C=O) groups is 4. The highest BCUT2D eigenvalue weighted by Crippen LogP contribution is 2.30. The van der Waals surface area contributed by atoms with Gasteiger partial charge in [-0.05, 0) is 45.9 Å². The van der Waals surface area contributed by atoms with Gasteiger partial charge in [-0.1, -0.05) is 18.2 Å². The van der Waals surface area contributed by atoms with Crippen molar-refractivity contribution in [3.8, 4) is 0 Å². The van der Waals surface area contributed by atoms with E-state index in [-0.39, 0.29) is 24.4 Å². The van der Waals surface area contributed by atoms with Crippen molar-refractivity contribution in [1.29, 1.82) is 0 Å². The maximum atomic E-state index is 13.5. The summed E-state index contributed by atoms with van der Waals surface area (Å²) in [5.41, 5.74) is -2.28. The van der Waals surface area contributed by atoms with E-state index in [4.69, 9.17) is 0 Å². The molecule has 0 aliphatic heterocycles. The SMILES string of the molecule is CCOC(=O)C(C(C)=O)c1cccc(F)c1[N+](=O)[O-].CCOC(=O)CC(C)=O.O=[N+]([O-])c1c(F)cccc1F. The number of Topliss-reactive ketones (excluding diaryl/α,β-unsaturated/α-hetero) is 2. The molecule has 39 heavy (non-hydrogen) atoms. The van der Waals surface area contributed by atoms with Crippen molar-refractivity contribution in [3.05, 3.63) is 79.6 Å². The molecule has 0 aliphatic carbocycles. The number of ether oxygens (including phenoxy) is 2. The van der Waals surface area contributed by atoms with Crippen molar-refractivity contribution in [1.82, 2.24) is 0 Å². The Morgan fingerprint density at radius 2 is 1.23 bits per heavy atom. The summed E-state index contributed by atoms with van der Waals surface area (Å²) in [6.07, 6.45) is -0.103. The molecule has 1 unspecified atom stereocenters. The highest BCUT2D eigenvalue weighted by molar-refractivity contribution is 6.04. The van der Waals surface area contributed by atoms with Crippen LogP contribution in [0.15, 0.2) is 36.4 Å². The third-order valence-electron chi connectivity index (χ3n) is 4.26. The van der Waals surface area contributed by atoms with Gasteiger partial charge < -0.3 is 9.47 Å². The molecule has 0 radical (unpaired) electrons. The zero-order chi connectivity index (χ0) is 30.3. The van der Waals surface area contributed by atoms with Crippen molar-refractivity contribution >= 4 is 34.9 Å². The van der Waals surface area contributed by atoms with Crippen LogP contribution < -0.4 is 0 Å². The van der Waals surface area contributed by atoms with Crippen LogP contribution in [0.3, 0.4) is 0 Å². The van der Waals surface area contributed by atoms with Gasteiger partial charge in [0, 0.05) is 0 Å². The molecule has 0 aromatic heterocycles. The van der Waals surface area contributed by atoms with Gasteiger partial charge >= 0.3 is 23.3 Å². The van der Waals surface area contributed by atoms with Crippen LogP contribution in [0.1, 0.15) is 45.6 Å². The molecular weight excluding hydrogens is 533 g/mol. The Morgan fingerprint density at radius 3 is 1.59 bits per heavy atom. The molecular formula is C24H25F3N2O10. The van der Waals surface area contributed by atoms with Crippen LogP contribution in [0.4, 0.5) is 24.5 Å². The standard InChI is InChI=1S/C12H12FNO5.C6H3F2NO2.C6H10O3/c1-3-19-12(16)10(7(2)15)8-5-4-6-9(13)11(8)14(17)18;7-4-2-1-3-5(8)6(4)9(10)11;1-3-9-6(8)4-5(2)7/h4-6,10H,3H2,1-2H3;1-3H;3-4H2,1-2H3. The van der Waals surface area contributed by atoms with Gasteiger partial charge in [-0.25, -0.2) is 0 Å². The smallest absolute Gasteiger partial charge is 0.340 e. The third-order valence-corrected chi connectivity index (χ3v) is 4.26. The van der Waals surface area contributed by atoms with Crippen LogP contribution >= 0.6 is 0 Å². The predicted molar refractivity (Wildman–Crippen MR) is 128 cm³/mol. The summed E-state index contributed by atoms with van der Waals surface area (Å²) >= 11 is 0. The average Bonchev–Trinajstić information content (AvgIpc) is 2.79. The summed E-state index contributed by atoms with van der Waals surface area (Å²) in [5.74, 6) is -7.08. The van der Waals surface area contributed by atoms with Crippen LogP contribution in [0, 0.1) is 37.7 Å². The van der Waals surface area contributed by atoms with E-state index in [0.29, 0.717) is 6.61 Å². The number of halogens is 3. The molecule has 0 spiro atoms. The Labute approximate surface area is 220 Å². The molecule has 0 aliphatic rings. The summed E-state index contributed by atoms with van der Waals surface area (Å²) in [7, 11) is 0. The summed E-state index contributed by atoms with van der Waals surface area (Å²) in [6.45, 7) is 6.05. The van der Waals surface area contributed by atoms with Crippen molar-refractivity contribution in [3.63, 3.8) is 0 Å². The molecule has 212 valence electrons.